The van der Waals surface area contributed by atoms with Crippen LogP contribution < -0.4 is 39.1 Å². The van der Waals surface area contributed by atoms with Gasteiger partial charge in [-0.25, -0.2) is 0 Å². The van der Waals surface area contributed by atoms with Gasteiger partial charge in [0.1, 0.15) is 5.69 Å². The highest BCUT2D eigenvalue weighted by molar-refractivity contribution is 6.01. The van der Waals surface area contributed by atoms with Crippen molar-refractivity contribution in [1.29, 1.82) is 0 Å². The van der Waals surface area contributed by atoms with Crippen LogP contribution in [0.5, 0.6) is 5.75 Å². The third-order valence-corrected chi connectivity index (χ3v) is 3.75. The number of rotatable bonds is 1. The molecule has 1 atom stereocenters. The monoisotopic (exact) mass is 298 g/mol. The lowest BCUT2D eigenvalue weighted by Gasteiger charge is -2.27. The van der Waals surface area contributed by atoms with Gasteiger partial charge in [-0.2, -0.15) is 0 Å². The zero-order chi connectivity index (χ0) is 16.0. The van der Waals surface area contributed by atoms with Gasteiger partial charge in [0, 0.05) is 16.8 Å². The summed E-state index contributed by atoms with van der Waals surface area (Å²) >= 11 is 0. The summed E-state index contributed by atoms with van der Waals surface area (Å²) in [6.45, 7) is 0. The molecule has 1 aliphatic heterocycles. The van der Waals surface area contributed by atoms with Crippen molar-refractivity contribution >= 4 is 40.1 Å². The molecule has 0 fully saturated rings. The second-order valence-corrected chi connectivity index (χ2v) is 5.16. The van der Waals surface area contributed by atoms with Crippen molar-refractivity contribution < 1.29 is 4.74 Å². The first-order valence-electron chi connectivity index (χ1n) is 6.65. The first-order valence-corrected chi connectivity index (χ1v) is 6.65. The summed E-state index contributed by atoms with van der Waals surface area (Å²) in [5.41, 5.74) is 39.4. The number of hydrogen-bond donors (Lipinski definition) is 6. The lowest BCUT2D eigenvalue weighted by atomic mass is 9.96. The van der Waals surface area contributed by atoms with Gasteiger partial charge in [0.05, 0.1) is 17.1 Å². The normalized spacial score (nSPS) is 16.6. The molecule has 3 rings (SSSR count). The SMILES string of the molecule is Nc1ccc(C2=Cc3c(N)c(N)c(N)c(N)c3OC2N)cc1. The van der Waals surface area contributed by atoms with Crippen LogP contribution in [0.3, 0.4) is 0 Å². The molecule has 0 bridgehead atoms. The standard InChI is InChI=1S/C15H18N6O/c16-7-3-1-6(2-4-7)8-5-9-10(17)11(18)12(19)13(20)14(9)22-15(8)21/h1-5,15H,16-21H2. The van der Waals surface area contributed by atoms with Crippen LogP contribution in [-0.2, 0) is 0 Å². The molecule has 12 N–H and O–H groups in total. The lowest BCUT2D eigenvalue weighted by Crippen LogP contribution is -2.31. The fourth-order valence-electron chi connectivity index (χ4n) is 2.45. The Kier molecular flexibility index (Phi) is 3.00. The molecular formula is C15H18N6O. The molecule has 0 radical (unpaired) electrons. The van der Waals surface area contributed by atoms with E-state index < -0.39 is 6.23 Å². The molecule has 0 spiro atoms. The van der Waals surface area contributed by atoms with Crippen LogP contribution >= 0.6 is 0 Å². The largest absolute Gasteiger partial charge is 0.468 e. The quantitative estimate of drug-likeness (QED) is 0.424. The Bertz CT molecular complexity index is 782. The Hall–Kier alpha value is -3.06. The van der Waals surface area contributed by atoms with Gasteiger partial charge in [0.25, 0.3) is 0 Å². The molecule has 1 aliphatic rings. The Morgan fingerprint density at radius 2 is 1.36 bits per heavy atom. The van der Waals surface area contributed by atoms with Gasteiger partial charge in [0.15, 0.2) is 12.0 Å². The molecule has 114 valence electrons. The van der Waals surface area contributed by atoms with Crippen LogP contribution in [0, 0.1) is 0 Å². The molecule has 1 unspecified atom stereocenters. The van der Waals surface area contributed by atoms with Crippen LogP contribution in [0.4, 0.5) is 28.4 Å². The number of nitrogens with two attached hydrogens (primary N) is 6. The van der Waals surface area contributed by atoms with Crippen LogP contribution in [0.1, 0.15) is 11.1 Å². The maximum atomic E-state index is 6.08. The summed E-state index contributed by atoms with van der Waals surface area (Å²) in [5.74, 6) is 0.357. The van der Waals surface area contributed by atoms with E-state index in [4.69, 9.17) is 39.1 Å². The highest BCUT2D eigenvalue weighted by atomic mass is 16.5. The topological polar surface area (TPSA) is 165 Å². The molecular weight excluding hydrogens is 280 g/mol. The Labute approximate surface area is 127 Å². The minimum absolute atomic E-state index is 0.202. The molecule has 0 aromatic heterocycles. The van der Waals surface area contributed by atoms with Gasteiger partial charge in [-0.15, -0.1) is 0 Å². The Morgan fingerprint density at radius 3 is 2.00 bits per heavy atom. The number of benzene rings is 2. The lowest BCUT2D eigenvalue weighted by molar-refractivity contribution is 0.265. The fourth-order valence-corrected chi connectivity index (χ4v) is 2.45. The molecule has 0 amide bonds. The van der Waals surface area contributed by atoms with Crippen molar-refractivity contribution in [2.45, 2.75) is 6.23 Å². The van der Waals surface area contributed by atoms with Crippen molar-refractivity contribution in [3.63, 3.8) is 0 Å². The number of ether oxygens (including phenoxy) is 1. The van der Waals surface area contributed by atoms with Gasteiger partial charge < -0.3 is 33.4 Å². The molecule has 7 nitrogen and oxygen atoms in total. The minimum atomic E-state index is -0.694. The Morgan fingerprint density at radius 1 is 0.773 bits per heavy atom. The molecule has 7 heteroatoms. The van der Waals surface area contributed by atoms with Gasteiger partial charge >= 0.3 is 0 Å². The van der Waals surface area contributed by atoms with E-state index >= 15 is 0 Å². The van der Waals surface area contributed by atoms with Gasteiger partial charge in [-0.05, 0) is 23.8 Å². The van der Waals surface area contributed by atoms with E-state index in [9.17, 15) is 0 Å². The summed E-state index contributed by atoms with van der Waals surface area (Å²) in [6.07, 6.45) is 1.12. The summed E-state index contributed by atoms with van der Waals surface area (Å²) in [7, 11) is 0. The third kappa shape index (κ3) is 1.95. The van der Waals surface area contributed by atoms with Gasteiger partial charge in [-0.1, -0.05) is 12.1 Å². The molecule has 0 saturated heterocycles. The van der Waals surface area contributed by atoms with Crippen molar-refractivity contribution in [3.05, 3.63) is 35.4 Å². The predicted molar refractivity (Wildman–Crippen MR) is 91.4 cm³/mol. The minimum Gasteiger partial charge on any atom is -0.468 e. The number of anilines is 5. The average molecular weight is 298 g/mol. The van der Waals surface area contributed by atoms with Crippen molar-refractivity contribution in [1.82, 2.24) is 0 Å². The first-order chi connectivity index (χ1) is 10.4. The van der Waals surface area contributed by atoms with Gasteiger partial charge in [-0.3, -0.25) is 5.73 Å². The highest BCUT2D eigenvalue weighted by Crippen LogP contribution is 2.46. The first kappa shape index (κ1) is 13.9. The van der Waals surface area contributed by atoms with E-state index in [0.717, 1.165) is 11.1 Å². The number of nitrogen functional groups attached to an aromatic ring is 5. The van der Waals surface area contributed by atoms with Crippen molar-refractivity contribution in [2.24, 2.45) is 5.73 Å². The fraction of sp³-hybridized carbons (Fsp3) is 0.0667. The summed E-state index contributed by atoms with van der Waals surface area (Å²) in [5, 5.41) is 0. The maximum Gasteiger partial charge on any atom is 0.174 e. The van der Waals surface area contributed by atoms with E-state index in [0.29, 0.717) is 22.7 Å². The second-order valence-electron chi connectivity index (χ2n) is 5.16. The van der Waals surface area contributed by atoms with Crippen LogP contribution in [0.15, 0.2) is 24.3 Å². The second kappa shape index (κ2) is 4.74. The van der Waals surface area contributed by atoms with Crippen LogP contribution in [-0.4, -0.2) is 6.23 Å². The molecule has 2 aromatic carbocycles. The van der Waals surface area contributed by atoms with Crippen molar-refractivity contribution in [2.75, 3.05) is 28.7 Å². The van der Waals surface area contributed by atoms with E-state index in [-0.39, 0.29) is 17.1 Å². The zero-order valence-electron chi connectivity index (χ0n) is 11.8. The molecule has 0 aliphatic carbocycles. The summed E-state index contributed by atoms with van der Waals surface area (Å²) in [6, 6.07) is 7.28. The van der Waals surface area contributed by atoms with E-state index in [1.807, 2.05) is 18.2 Å². The smallest absolute Gasteiger partial charge is 0.174 e. The zero-order valence-corrected chi connectivity index (χ0v) is 11.8. The van der Waals surface area contributed by atoms with E-state index in [1.165, 1.54) is 0 Å². The predicted octanol–water partition coefficient (Wildman–Crippen LogP) is 0.815. The highest BCUT2D eigenvalue weighted by Gasteiger charge is 2.26. The molecule has 2 aromatic rings. The van der Waals surface area contributed by atoms with Crippen molar-refractivity contribution in [3.8, 4) is 5.75 Å². The molecule has 22 heavy (non-hydrogen) atoms. The van der Waals surface area contributed by atoms with E-state index in [1.54, 1.807) is 12.1 Å². The molecule has 1 heterocycles. The van der Waals surface area contributed by atoms with Crippen LogP contribution in [0.25, 0.3) is 11.6 Å². The number of fused-ring (bicyclic) bond motifs is 1. The molecule has 0 saturated carbocycles. The maximum absolute atomic E-state index is 6.08. The summed E-state index contributed by atoms with van der Waals surface area (Å²) in [4.78, 5) is 0. The average Bonchev–Trinajstić information content (AvgIpc) is 2.51. The summed E-state index contributed by atoms with van der Waals surface area (Å²) < 4.78 is 5.71. The van der Waals surface area contributed by atoms with Gasteiger partial charge in [0.2, 0.25) is 0 Å². The van der Waals surface area contributed by atoms with E-state index in [2.05, 4.69) is 0 Å². The number of hydrogen-bond acceptors (Lipinski definition) is 7. The van der Waals surface area contributed by atoms with Crippen LogP contribution in [0.2, 0.25) is 0 Å². The third-order valence-electron chi connectivity index (χ3n) is 3.75. The Balaban J connectivity index is 2.21.